The van der Waals surface area contributed by atoms with Crippen LogP contribution < -0.4 is 10.9 Å². The van der Waals surface area contributed by atoms with Crippen molar-refractivity contribution in [3.05, 3.63) is 29.8 Å². The highest BCUT2D eigenvalue weighted by Gasteiger charge is 2.37. The molecule has 2 aliphatic heterocycles. The van der Waals surface area contributed by atoms with Crippen LogP contribution >= 0.6 is 0 Å². The van der Waals surface area contributed by atoms with Crippen molar-refractivity contribution in [1.29, 1.82) is 0 Å². The van der Waals surface area contributed by atoms with Gasteiger partial charge in [0, 0.05) is 44.3 Å². The van der Waals surface area contributed by atoms with Gasteiger partial charge >= 0.3 is 0 Å². The fourth-order valence-corrected chi connectivity index (χ4v) is 4.92. The first-order chi connectivity index (χ1) is 12.4. The van der Waals surface area contributed by atoms with Crippen LogP contribution in [0.15, 0.2) is 29.2 Å². The SMILES string of the molecule is CN(CC1CC(C2CC2)NN1)S(=O)(=O)c1cccc(C(=O)N2CCC2)c1. The van der Waals surface area contributed by atoms with Crippen LogP contribution in [-0.2, 0) is 10.0 Å². The van der Waals surface area contributed by atoms with E-state index in [1.165, 1.54) is 23.2 Å². The zero-order valence-electron chi connectivity index (χ0n) is 15.0. The molecule has 0 bridgehead atoms. The second-order valence-corrected chi connectivity index (χ2v) is 9.67. The summed E-state index contributed by atoms with van der Waals surface area (Å²) in [7, 11) is -2.02. The fraction of sp³-hybridized carbons (Fsp3) is 0.611. The van der Waals surface area contributed by atoms with Crippen LogP contribution in [0.1, 0.15) is 36.0 Å². The minimum atomic E-state index is -3.62. The maximum absolute atomic E-state index is 12.9. The molecule has 8 heteroatoms. The molecule has 7 nitrogen and oxygen atoms in total. The number of rotatable bonds is 6. The van der Waals surface area contributed by atoms with E-state index in [4.69, 9.17) is 0 Å². The van der Waals surface area contributed by atoms with Crippen molar-refractivity contribution < 1.29 is 13.2 Å². The normalized spacial score (nSPS) is 26.2. The van der Waals surface area contributed by atoms with Gasteiger partial charge in [0.15, 0.2) is 0 Å². The lowest BCUT2D eigenvalue weighted by Crippen LogP contribution is -2.42. The number of amides is 1. The summed E-state index contributed by atoms with van der Waals surface area (Å²) in [5.41, 5.74) is 6.96. The first-order valence-electron chi connectivity index (χ1n) is 9.32. The Balaban J connectivity index is 1.44. The zero-order chi connectivity index (χ0) is 18.3. The first kappa shape index (κ1) is 17.9. The number of carbonyl (C=O) groups excluding carboxylic acids is 1. The molecular formula is C18H26N4O3S. The molecule has 2 heterocycles. The number of hydrogen-bond acceptors (Lipinski definition) is 5. The van der Waals surface area contributed by atoms with Crippen LogP contribution in [0.5, 0.6) is 0 Å². The average molecular weight is 378 g/mol. The Morgan fingerprint density at radius 3 is 2.69 bits per heavy atom. The largest absolute Gasteiger partial charge is 0.339 e. The molecule has 1 aromatic rings. The lowest BCUT2D eigenvalue weighted by Gasteiger charge is -2.31. The highest BCUT2D eigenvalue weighted by molar-refractivity contribution is 7.89. The highest BCUT2D eigenvalue weighted by atomic mass is 32.2. The lowest BCUT2D eigenvalue weighted by molar-refractivity contribution is 0.0651. The summed E-state index contributed by atoms with van der Waals surface area (Å²) in [5.74, 6) is 0.642. The van der Waals surface area contributed by atoms with Crippen LogP contribution in [0.2, 0.25) is 0 Å². The number of carbonyl (C=O) groups is 1. The van der Waals surface area contributed by atoms with E-state index in [1.54, 1.807) is 30.1 Å². The molecule has 0 spiro atoms. The molecular weight excluding hydrogens is 352 g/mol. The third-order valence-electron chi connectivity index (χ3n) is 5.61. The summed E-state index contributed by atoms with van der Waals surface area (Å²) in [6.07, 6.45) is 4.48. The summed E-state index contributed by atoms with van der Waals surface area (Å²) >= 11 is 0. The fourth-order valence-electron chi connectivity index (χ4n) is 3.66. The molecule has 1 aliphatic carbocycles. The van der Waals surface area contributed by atoms with Gasteiger partial charge in [-0.1, -0.05) is 6.07 Å². The number of likely N-dealkylation sites (tertiary alicyclic amines) is 1. The predicted octanol–water partition coefficient (Wildman–Crippen LogP) is 0.798. The minimum absolute atomic E-state index is 0.0927. The summed E-state index contributed by atoms with van der Waals surface area (Å²) in [4.78, 5) is 14.3. The van der Waals surface area contributed by atoms with E-state index >= 15 is 0 Å². The standard InChI is InChI=1S/C18H26N4O3S/c1-21(12-15-11-17(20-19-15)13-6-7-13)26(24,25)16-5-2-4-14(10-16)18(23)22-8-3-9-22/h2,4-5,10,13,15,17,19-20H,3,6-9,11-12H2,1H3. The van der Waals surface area contributed by atoms with Crippen LogP contribution in [0, 0.1) is 5.92 Å². The molecule has 26 heavy (non-hydrogen) atoms. The number of nitrogens with one attached hydrogen (secondary N) is 2. The van der Waals surface area contributed by atoms with E-state index in [0.717, 1.165) is 31.8 Å². The average Bonchev–Trinajstić information content (AvgIpc) is 3.33. The molecule has 2 N–H and O–H groups in total. The molecule has 3 aliphatic rings. The van der Waals surface area contributed by atoms with Crippen molar-refractivity contribution in [3.63, 3.8) is 0 Å². The van der Waals surface area contributed by atoms with E-state index in [0.29, 0.717) is 18.2 Å². The predicted molar refractivity (Wildman–Crippen MR) is 98.0 cm³/mol. The van der Waals surface area contributed by atoms with Crippen molar-refractivity contribution in [2.75, 3.05) is 26.7 Å². The summed E-state index contributed by atoms with van der Waals surface area (Å²) in [6.45, 7) is 1.90. The smallest absolute Gasteiger partial charge is 0.253 e. The van der Waals surface area contributed by atoms with Gasteiger partial charge in [-0.05, 0) is 49.8 Å². The van der Waals surface area contributed by atoms with Gasteiger partial charge in [-0.15, -0.1) is 0 Å². The molecule has 3 fully saturated rings. The molecule has 1 amide bonds. The summed E-state index contributed by atoms with van der Waals surface area (Å²) < 4.78 is 27.2. The third kappa shape index (κ3) is 3.51. The van der Waals surface area contributed by atoms with Crippen molar-refractivity contribution in [2.45, 2.75) is 42.7 Å². The van der Waals surface area contributed by atoms with Gasteiger partial charge in [-0.25, -0.2) is 8.42 Å². The maximum atomic E-state index is 12.9. The van der Waals surface area contributed by atoms with Crippen LogP contribution in [0.4, 0.5) is 0 Å². The highest BCUT2D eigenvalue weighted by Crippen LogP contribution is 2.35. The molecule has 2 unspecified atom stereocenters. The number of nitrogens with zero attached hydrogens (tertiary/aromatic N) is 2. The number of sulfonamides is 1. The third-order valence-corrected chi connectivity index (χ3v) is 7.43. The monoisotopic (exact) mass is 378 g/mol. The van der Waals surface area contributed by atoms with Gasteiger partial charge in [-0.3, -0.25) is 15.6 Å². The Hall–Kier alpha value is -1.48. The Bertz CT molecular complexity index is 789. The number of benzene rings is 1. The van der Waals surface area contributed by atoms with Gasteiger partial charge in [0.05, 0.1) is 4.90 Å². The quantitative estimate of drug-likeness (QED) is 0.765. The van der Waals surface area contributed by atoms with Crippen molar-refractivity contribution in [3.8, 4) is 0 Å². The van der Waals surface area contributed by atoms with Gasteiger partial charge in [-0.2, -0.15) is 4.31 Å². The zero-order valence-corrected chi connectivity index (χ0v) is 15.8. The topological polar surface area (TPSA) is 81.7 Å². The van der Waals surface area contributed by atoms with E-state index < -0.39 is 10.0 Å². The molecule has 0 aromatic heterocycles. The molecule has 1 aromatic carbocycles. The molecule has 4 rings (SSSR count). The Labute approximate surface area is 154 Å². The van der Waals surface area contributed by atoms with Gasteiger partial charge in [0.1, 0.15) is 0 Å². The number of hydrogen-bond donors (Lipinski definition) is 2. The van der Waals surface area contributed by atoms with Crippen molar-refractivity contribution in [2.24, 2.45) is 5.92 Å². The molecule has 2 saturated heterocycles. The Kier molecular flexibility index (Phi) is 4.77. The van der Waals surface area contributed by atoms with E-state index in [2.05, 4.69) is 10.9 Å². The second-order valence-electron chi connectivity index (χ2n) is 7.62. The lowest BCUT2D eigenvalue weighted by atomic mass is 10.1. The van der Waals surface area contributed by atoms with Crippen LogP contribution in [0.25, 0.3) is 0 Å². The van der Waals surface area contributed by atoms with Gasteiger partial charge < -0.3 is 4.90 Å². The minimum Gasteiger partial charge on any atom is -0.339 e. The Morgan fingerprint density at radius 2 is 2.04 bits per heavy atom. The molecule has 2 atom stereocenters. The number of likely N-dealkylation sites (N-methyl/N-ethyl adjacent to an activating group) is 1. The molecule has 0 radical (unpaired) electrons. The maximum Gasteiger partial charge on any atom is 0.253 e. The molecule has 142 valence electrons. The van der Waals surface area contributed by atoms with E-state index in [-0.39, 0.29) is 16.8 Å². The van der Waals surface area contributed by atoms with Crippen molar-refractivity contribution >= 4 is 15.9 Å². The van der Waals surface area contributed by atoms with E-state index in [9.17, 15) is 13.2 Å². The summed E-state index contributed by atoms with van der Waals surface area (Å²) in [6, 6.07) is 6.94. The molecule has 1 saturated carbocycles. The Morgan fingerprint density at radius 1 is 1.27 bits per heavy atom. The first-order valence-corrected chi connectivity index (χ1v) is 10.8. The van der Waals surface area contributed by atoms with Crippen LogP contribution in [0.3, 0.4) is 0 Å². The van der Waals surface area contributed by atoms with Crippen LogP contribution in [-0.4, -0.2) is 62.3 Å². The van der Waals surface area contributed by atoms with Gasteiger partial charge in [0.2, 0.25) is 10.0 Å². The van der Waals surface area contributed by atoms with Crippen molar-refractivity contribution in [1.82, 2.24) is 20.1 Å². The van der Waals surface area contributed by atoms with E-state index in [1.807, 2.05) is 0 Å². The summed E-state index contributed by atoms with van der Waals surface area (Å²) in [5, 5.41) is 0. The second kappa shape index (κ2) is 6.92. The number of hydrazine groups is 1. The van der Waals surface area contributed by atoms with Gasteiger partial charge in [0.25, 0.3) is 5.91 Å².